The minimum Gasteiger partial charge on any atom is -0.393 e. The SMILES string of the molecule is Cc1cc(Cl)cc2sc(NC3CCC(O)CC3)nc12. The van der Waals surface area contributed by atoms with Gasteiger partial charge in [0.2, 0.25) is 0 Å². The lowest BCUT2D eigenvalue weighted by Gasteiger charge is -2.25. The highest BCUT2D eigenvalue weighted by Gasteiger charge is 2.20. The third-order valence-corrected chi connectivity index (χ3v) is 4.83. The van der Waals surface area contributed by atoms with Gasteiger partial charge in [0.05, 0.1) is 16.3 Å². The monoisotopic (exact) mass is 296 g/mol. The van der Waals surface area contributed by atoms with E-state index in [9.17, 15) is 5.11 Å². The second kappa shape index (κ2) is 5.27. The first-order valence-electron chi connectivity index (χ1n) is 6.63. The molecule has 1 saturated carbocycles. The number of anilines is 1. The highest BCUT2D eigenvalue weighted by Crippen LogP contribution is 2.32. The highest BCUT2D eigenvalue weighted by atomic mass is 35.5. The van der Waals surface area contributed by atoms with E-state index in [0.29, 0.717) is 6.04 Å². The summed E-state index contributed by atoms with van der Waals surface area (Å²) < 4.78 is 1.13. The van der Waals surface area contributed by atoms with Gasteiger partial charge >= 0.3 is 0 Å². The molecule has 0 radical (unpaired) electrons. The van der Waals surface area contributed by atoms with Gasteiger partial charge in [-0.2, -0.15) is 0 Å². The predicted molar refractivity (Wildman–Crippen MR) is 81.3 cm³/mol. The topological polar surface area (TPSA) is 45.1 Å². The van der Waals surface area contributed by atoms with E-state index in [4.69, 9.17) is 11.6 Å². The van der Waals surface area contributed by atoms with Gasteiger partial charge < -0.3 is 10.4 Å². The second-order valence-corrected chi connectivity index (χ2v) is 6.71. The fourth-order valence-corrected chi connectivity index (χ4v) is 4.01. The summed E-state index contributed by atoms with van der Waals surface area (Å²) in [5, 5.41) is 14.7. The number of rotatable bonds is 2. The van der Waals surface area contributed by atoms with Crippen LogP contribution in [0.4, 0.5) is 5.13 Å². The van der Waals surface area contributed by atoms with E-state index >= 15 is 0 Å². The van der Waals surface area contributed by atoms with Gasteiger partial charge in [-0.25, -0.2) is 4.98 Å². The minimum absolute atomic E-state index is 0.116. The van der Waals surface area contributed by atoms with Gasteiger partial charge in [-0.3, -0.25) is 0 Å². The number of fused-ring (bicyclic) bond motifs is 1. The summed E-state index contributed by atoms with van der Waals surface area (Å²) in [4.78, 5) is 4.65. The normalized spacial score (nSPS) is 23.7. The molecule has 0 bridgehead atoms. The average Bonchev–Trinajstić information content (AvgIpc) is 2.75. The van der Waals surface area contributed by atoms with Crippen LogP contribution in [-0.4, -0.2) is 22.2 Å². The maximum atomic E-state index is 9.52. The van der Waals surface area contributed by atoms with Gasteiger partial charge in [0, 0.05) is 11.1 Å². The average molecular weight is 297 g/mol. The van der Waals surface area contributed by atoms with Crippen LogP contribution >= 0.6 is 22.9 Å². The van der Waals surface area contributed by atoms with Crippen LogP contribution in [0.5, 0.6) is 0 Å². The predicted octanol–water partition coefficient (Wildman–Crippen LogP) is 3.97. The number of benzene rings is 1. The molecule has 1 aliphatic rings. The second-order valence-electron chi connectivity index (χ2n) is 5.24. The quantitative estimate of drug-likeness (QED) is 0.881. The lowest BCUT2D eigenvalue weighted by Crippen LogP contribution is -2.28. The first kappa shape index (κ1) is 13.2. The summed E-state index contributed by atoms with van der Waals surface area (Å²) in [5.74, 6) is 0. The van der Waals surface area contributed by atoms with Crippen molar-refractivity contribution in [2.75, 3.05) is 5.32 Å². The number of halogens is 1. The maximum Gasteiger partial charge on any atom is 0.184 e. The van der Waals surface area contributed by atoms with Crippen LogP contribution in [0, 0.1) is 6.92 Å². The van der Waals surface area contributed by atoms with E-state index in [1.807, 2.05) is 19.1 Å². The van der Waals surface area contributed by atoms with Crippen molar-refractivity contribution in [2.45, 2.75) is 44.8 Å². The molecule has 1 aromatic heterocycles. The molecule has 1 heterocycles. The summed E-state index contributed by atoms with van der Waals surface area (Å²) >= 11 is 7.72. The number of hydrogen-bond acceptors (Lipinski definition) is 4. The van der Waals surface area contributed by atoms with Crippen LogP contribution in [-0.2, 0) is 0 Å². The van der Waals surface area contributed by atoms with Crippen molar-refractivity contribution in [1.29, 1.82) is 0 Å². The van der Waals surface area contributed by atoms with Crippen molar-refractivity contribution in [1.82, 2.24) is 4.98 Å². The zero-order valence-corrected chi connectivity index (χ0v) is 12.4. The molecule has 19 heavy (non-hydrogen) atoms. The Kier molecular flexibility index (Phi) is 3.65. The van der Waals surface area contributed by atoms with E-state index in [2.05, 4.69) is 10.3 Å². The molecule has 3 nitrogen and oxygen atoms in total. The number of aliphatic hydroxyl groups is 1. The molecule has 5 heteroatoms. The molecule has 1 aliphatic carbocycles. The lowest BCUT2D eigenvalue weighted by atomic mass is 9.93. The van der Waals surface area contributed by atoms with Gasteiger partial charge in [0.25, 0.3) is 0 Å². The summed E-state index contributed by atoms with van der Waals surface area (Å²) in [6, 6.07) is 4.35. The van der Waals surface area contributed by atoms with Crippen molar-refractivity contribution in [3.63, 3.8) is 0 Å². The van der Waals surface area contributed by atoms with Crippen molar-refractivity contribution in [2.24, 2.45) is 0 Å². The third kappa shape index (κ3) is 2.86. The molecule has 1 aromatic carbocycles. The summed E-state index contributed by atoms with van der Waals surface area (Å²) in [6.45, 7) is 2.04. The van der Waals surface area contributed by atoms with Crippen molar-refractivity contribution in [3.8, 4) is 0 Å². The molecule has 3 rings (SSSR count). The smallest absolute Gasteiger partial charge is 0.184 e. The number of thiazole rings is 1. The van der Waals surface area contributed by atoms with Crippen LogP contribution in [0.3, 0.4) is 0 Å². The first-order valence-corrected chi connectivity index (χ1v) is 7.82. The Morgan fingerprint density at radius 1 is 1.32 bits per heavy atom. The molecule has 1 fully saturated rings. The Hall–Kier alpha value is -0.840. The molecule has 0 unspecified atom stereocenters. The number of aliphatic hydroxyl groups excluding tert-OH is 1. The molecular weight excluding hydrogens is 280 g/mol. The molecule has 2 N–H and O–H groups in total. The zero-order chi connectivity index (χ0) is 13.4. The number of aryl methyl sites for hydroxylation is 1. The van der Waals surface area contributed by atoms with Gasteiger partial charge in [0.15, 0.2) is 5.13 Å². The Morgan fingerprint density at radius 3 is 2.79 bits per heavy atom. The Bertz CT molecular complexity index is 590. The highest BCUT2D eigenvalue weighted by molar-refractivity contribution is 7.22. The molecule has 0 amide bonds. The molecule has 0 atom stereocenters. The fourth-order valence-electron chi connectivity index (χ4n) is 2.61. The number of aromatic nitrogens is 1. The summed E-state index contributed by atoms with van der Waals surface area (Å²) in [5.41, 5.74) is 2.15. The van der Waals surface area contributed by atoms with Crippen LogP contribution in [0.25, 0.3) is 10.2 Å². The molecule has 0 aliphatic heterocycles. The van der Waals surface area contributed by atoms with Gasteiger partial charge in [-0.05, 0) is 50.3 Å². The van der Waals surface area contributed by atoms with Gasteiger partial charge in [0.1, 0.15) is 0 Å². The largest absolute Gasteiger partial charge is 0.393 e. The van der Waals surface area contributed by atoms with E-state index < -0.39 is 0 Å². The number of nitrogens with zero attached hydrogens (tertiary/aromatic N) is 1. The fraction of sp³-hybridized carbons (Fsp3) is 0.500. The van der Waals surface area contributed by atoms with Crippen LogP contribution < -0.4 is 5.32 Å². The summed E-state index contributed by atoms with van der Waals surface area (Å²) in [6.07, 6.45) is 3.67. The van der Waals surface area contributed by atoms with Crippen molar-refractivity contribution >= 4 is 38.3 Å². The Morgan fingerprint density at radius 2 is 2.05 bits per heavy atom. The molecule has 2 aromatic rings. The van der Waals surface area contributed by atoms with E-state index in [-0.39, 0.29) is 6.10 Å². The molecule has 102 valence electrons. The zero-order valence-electron chi connectivity index (χ0n) is 10.8. The van der Waals surface area contributed by atoms with E-state index in [0.717, 1.165) is 51.6 Å². The lowest BCUT2D eigenvalue weighted by molar-refractivity contribution is 0.126. The van der Waals surface area contributed by atoms with Gasteiger partial charge in [-0.1, -0.05) is 22.9 Å². The number of nitrogens with one attached hydrogen (secondary N) is 1. The minimum atomic E-state index is -0.116. The van der Waals surface area contributed by atoms with Crippen LogP contribution in [0.15, 0.2) is 12.1 Å². The van der Waals surface area contributed by atoms with Crippen molar-refractivity contribution in [3.05, 3.63) is 22.7 Å². The Balaban J connectivity index is 1.80. The molecule has 0 saturated heterocycles. The van der Waals surface area contributed by atoms with Crippen LogP contribution in [0.1, 0.15) is 31.2 Å². The third-order valence-electron chi connectivity index (χ3n) is 3.67. The maximum absolute atomic E-state index is 9.52. The number of hydrogen-bond donors (Lipinski definition) is 2. The molecule has 0 spiro atoms. The van der Waals surface area contributed by atoms with E-state index in [1.54, 1.807) is 11.3 Å². The standard InChI is InChI=1S/C14H17ClN2OS/c1-8-6-9(15)7-12-13(8)17-14(19-12)16-10-2-4-11(18)5-3-10/h6-7,10-11,18H,2-5H2,1H3,(H,16,17). The van der Waals surface area contributed by atoms with E-state index in [1.165, 1.54) is 0 Å². The van der Waals surface area contributed by atoms with Gasteiger partial charge in [-0.15, -0.1) is 0 Å². The Labute approximate surface area is 121 Å². The van der Waals surface area contributed by atoms with Crippen LogP contribution in [0.2, 0.25) is 5.02 Å². The summed E-state index contributed by atoms with van der Waals surface area (Å²) in [7, 11) is 0. The first-order chi connectivity index (χ1) is 9.11. The van der Waals surface area contributed by atoms with Crippen molar-refractivity contribution < 1.29 is 5.11 Å². The molecular formula is C14H17ClN2OS.